The van der Waals surface area contributed by atoms with Crippen molar-refractivity contribution < 1.29 is 9.53 Å². The van der Waals surface area contributed by atoms with Gasteiger partial charge in [-0.1, -0.05) is 30.3 Å². The van der Waals surface area contributed by atoms with Crippen LogP contribution in [0.4, 0.5) is 0 Å². The third-order valence-electron chi connectivity index (χ3n) is 1.93. The summed E-state index contributed by atoms with van der Waals surface area (Å²) in [7, 11) is 0. The molecule has 2 nitrogen and oxygen atoms in total. The van der Waals surface area contributed by atoms with Crippen LogP contribution in [0, 0.1) is 0 Å². The lowest BCUT2D eigenvalue weighted by Crippen LogP contribution is -2.12. The van der Waals surface area contributed by atoms with Crippen molar-refractivity contribution in [2.75, 3.05) is 11.8 Å². The Labute approximate surface area is 99.1 Å². The van der Waals surface area contributed by atoms with Crippen LogP contribution < -0.4 is 0 Å². The zero-order valence-corrected chi connectivity index (χ0v) is 9.67. The van der Waals surface area contributed by atoms with Gasteiger partial charge >= 0.3 is 5.97 Å². The first-order valence-corrected chi connectivity index (χ1v) is 5.71. The van der Waals surface area contributed by atoms with Crippen molar-refractivity contribution in [1.29, 1.82) is 0 Å². The van der Waals surface area contributed by atoms with Gasteiger partial charge < -0.3 is 4.74 Å². The highest BCUT2D eigenvalue weighted by atomic mass is 35.5. The molecule has 0 bridgehead atoms. The van der Waals surface area contributed by atoms with Gasteiger partial charge in [-0.3, -0.25) is 4.79 Å². The molecular weight excluding hydrogens is 235 g/mol. The lowest BCUT2D eigenvalue weighted by Gasteiger charge is -2.16. The molecule has 0 N–H and O–H groups in total. The highest BCUT2D eigenvalue weighted by Gasteiger charge is 2.14. The van der Waals surface area contributed by atoms with E-state index in [0.717, 1.165) is 5.56 Å². The third kappa shape index (κ3) is 4.10. The molecule has 0 heterocycles. The van der Waals surface area contributed by atoms with Crippen molar-refractivity contribution in [3.8, 4) is 0 Å². The number of carbonyl (C=O) groups excluding carboxylic acids is 1. The lowest BCUT2D eigenvalue weighted by atomic mass is 10.1. The Bertz CT molecular complexity index is 301. The van der Waals surface area contributed by atoms with Crippen LogP contribution in [0.25, 0.3) is 0 Å². The quantitative estimate of drug-likeness (QED) is 0.590. The Morgan fingerprint density at radius 2 is 1.93 bits per heavy atom. The molecule has 0 saturated heterocycles. The number of esters is 1. The first-order valence-electron chi connectivity index (χ1n) is 4.64. The molecule has 0 aliphatic heterocycles. The van der Waals surface area contributed by atoms with Gasteiger partial charge in [0.2, 0.25) is 0 Å². The number of halogens is 2. The first kappa shape index (κ1) is 12.3. The fourth-order valence-corrected chi connectivity index (χ4v) is 1.51. The minimum Gasteiger partial charge on any atom is -0.457 e. The highest BCUT2D eigenvalue weighted by Crippen LogP contribution is 2.21. The predicted molar refractivity (Wildman–Crippen MR) is 61.3 cm³/mol. The summed E-state index contributed by atoms with van der Waals surface area (Å²) in [5, 5.41) is 0. The summed E-state index contributed by atoms with van der Waals surface area (Å²) in [6, 6.07) is 9.50. The minimum atomic E-state index is -0.421. The second kappa shape index (κ2) is 6.70. The largest absolute Gasteiger partial charge is 0.457 e. The average Bonchev–Trinajstić information content (AvgIpc) is 2.29. The molecule has 0 radical (unpaired) electrons. The van der Waals surface area contributed by atoms with Crippen LogP contribution in [-0.4, -0.2) is 17.7 Å². The molecule has 0 saturated carbocycles. The van der Waals surface area contributed by atoms with E-state index in [1.54, 1.807) is 0 Å². The Kier molecular flexibility index (Phi) is 5.51. The van der Waals surface area contributed by atoms with Crippen LogP contribution in [-0.2, 0) is 9.53 Å². The molecule has 82 valence electrons. The second-order valence-electron chi connectivity index (χ2n) is 3.00. The number of carbonyl (C=O) groups is 1. The molecule has 0 aliphatic rings. The summed E-state index contributed by atoms with van der Waals surface area (Å²) < 4.78 is 5.17. The maximum absolute atomic E-state index is 11.1. The minimum absolute atomic E-state index is 0.133. The molecular formula is C11H12Cl2O2. The van der Waals surface area contributed by atoms with Gasteiger partial charge in [0.05, 0.1) is 0 Å². The fraction of sp³-hybridized carbons (Fsp3) is 0.364. The van der Waals surface area contributed by atoms with E-state index < -0.39 is 5.97 Å². The van der Waals surface area contributed by atoms with E-state index >= 15 is 0 Å². The monoisotopic (exact) mass is 246 g/mol. The van der Waals surface area contributed by atoms with Gasteiger partial charge in [0, 0.05) is 12.3 Å². The van der Waals surface area contributed by atoms with Crippen molar-refractivity contribution in [1.82, 2.24) is 0 Å². The number of hydrogen-bond acceptors (Lipinski definition) is 2. The summed E-state index contributed by atoms with van der Waals surface area (Å²) in [5.74, 6) is -0.114. The number of benzene rings is 1. The summed E-state index contributed by atoms with van der Waals surface area (Å²) in [6.07, 6.45) is 0.295. The summed E-state index contributed by atoms with van der Waals surface area (Å²) in [6.45, 7) is 0. The molecule has 0 aromatic heterocycles. The molecule has 1 rings (SSSR count). The molecule has 0 amide bonds. The zero-order chi connectivity index (χ0) is 11.1. The molecule has 15 heavy (non-hydrogen) atoms. The molecule has 4 heteroatoms. The van der Waals surface area contributed by atoms with Crippen molar-refractivity contribution in [3.63, 3.8) is 0 Å². The van der Waals surface area contributed by atoms with E-state index in [9.17, 15) is 4.79 Å². The van der Waals surface area contributed by atoms with Crippen LogP contribution in [0.3, 0.4) is 0 Å². The Balaban J connectivity index is 2.70. The van der Waals surface area contributed by atoms with Crippen LogP contribution in [0.5, 0.6) is 0 Å². The number of ether oxygens (including phenoxy) is 1. The average molecular weight is 247 g/mol. The van der Waals surface area contributed by atoms with Crippen molar-refractivity contribution in [3.05, 3.63) is 35.9 Å². The summed E-state index contributed by atoms with van der Waals surface area (Å²) >= 11 is 11.0. The fourth-order valence-electron chi connectivity index (χ4n) is 1.25. The lowest BCUT2D eigenvalue weighted by molar-refractivity contribution is -0.146. The van der Waals surface area contributed by atoms with Crippen LogP contribution >= 0.6 is 23.2 Å². The van der Waals surface area contributed by atoms with Crippen LogP contribution in [0.1, 0.15) is 18.1 Å². The zero-order valence-electron chi connectivity index (χ0n) is 8.16. The number of rotatable bonds is 5. The van der Waals surface area contributed by atoms with E-state index in [0.29, 0.717) is 12.3 Å². The van der Waals surface area contributed by atoms with Gasteiger partial charge in [-0.05, 0) is 5.56 Å². The molecule has 0 aliphatic carbocycles. The molecule has 1 atom stereocenters. The summed E-state index contributed by atoms with van der Waals surface area (Å²) in [5.41, 5.74) is 0.941. The van der Waals surface area contributed by atoms with Gasteiger partial charge in [-0.25, -0.2) is 0 Å². The molecule has 1 aromatic rings. The predicted octanol–water partition coefficient (Wildman–Crippen LogP) is 3.14. The van der Waals surface area contributed by atoms with Gasteiger partial charge in [-0.15, -0.1) is 23.2 Å². The smallest absolute Gasteiger partial charge is 0.321 e. The molecule has 1 unspecified atom stereocenters. The van der Waals surface area contributed by atoms with E-state index in [4.69, 9.17) is 27.9 Å². The Hall–Kier alpha value is -0.730. The van der Waals surface area contributed by atoms with Crippen LogP contribution in [0.15, 0.2) is 30.3 Å². The van der Waals surface area contributed by atoms with Crippen molar-refractivity contribution in [2.24, 2.45) is 0 Å². The van der Waals surface area contributed by atoms with Crippen LogP contribution in [0.2, 0.25) is 0 Å². The molecule has 1 aromatic carbocycles. The molecule has 0 spiro atoms. The van der Waals surface area contributed by atoms with E-state index in [1.165, 1.54) is 0 Å². The van der Waals surface area contributed by atoms with Crippen molar-refractivity contribution >= 4 is 29.2 Å². The van der Waals surface area contributed by atoms with E-state index in [1.807, 2.05) is 30.3 Å². The number of hydrogen-bond donors (Lipinski definition) is 0. The highest BCUT2D eigenvalue weighted by molar-refractivity contribution is 6.26. The van der Waals surface area contributed by atoms with E-state index in [-0.39, 0.29) is 12.0 Å². The number of alkyl halides is 2. The Morgan fingerprint density at radius 3 is 2.47 bits per heavy atom. The van der Waals surface area contributed by atoms with Gasteiger partial charge in [0.1, 0.15) is 12.0 Å². The van der Waals surface area contributed by atoms with Gasteiger partial charge in [-0.2, -0.15) is 0 Å². The standard InChI is InChI=1S/C11H12Cl2O2/c12-7-6-10(15-11(14)8-13)9-4-2-1-3-5-9/h1-5,10H,6-8H2. The maximum atomic E-state index is 11.1. The first-order chi connectivity index (χ1) is 7.27. The van der Waals surface area contributed by atoms with Crippen molar-refractivity contribution in [2.45, 2.75) is 12.5 Å². The van der Waals surface area contributed by atoms with Gasteiger partial charge in [0.15, 0.2) is 0 Å². The second-order valence-corrected chi connectivity index (χ2v) is 3.65. The third-order valence-corrected chi connectivity index (χ3v) is 2.36. The van der Waals surface area contributed by atoms with E-state index in [2.05, 4.69) is 0 Å². The van der Waals surface area contributed by atoms with Gasteiger partial charge in [0.25, 0.3) is 0 Å². The summed E-state index contributed by atoms with van der Waals surface area (Å²) in [4.78, 5) is 11.1. The topological polar surface area (TPSA) is 26.3 Å². The normalized spacial score (nSPS) is 12.1. The SMILES string of the molecule is O=C(CCl)OC(CCCl)c1ccccc1. The Morgan fingerprint density at radius 1 is 1.27 bits per heavy atom. The molecule has 0 fully saturated rings. The maximum Gasteiger partial charge on any atom is 0.321 e.